The van der Waals surface area contributed by atoms with E-state index in [1.54, 1.807) is 12.2 Å². The predicted octanol–water partition coefficient (Wildman–Crippen LogP) is 1.49. The topological polar surface area (TPSA) is 75.6 Å². The highest BCUT2D eigenvalue weighted by atomic mass is 16.5. The molecule has 112 valence electrons. The molecule has 0 radical (unpaired) electrons. The molecule has 0 saturated carbocycles. The first-order valence-corrected chi connectivity index (χ1v) is 7.01. The third-order valence-electron chi connectivity index (χ3n) is 3.27. The molecular weight excluding hydrogens is 270 g/mol. The van der Waals surface area contributed by atoms with Gasteiger partial charge in [-0.25, -0.2) is 4.79 Å². The van der Waals surface area contributed by atoms with Gasteiger partial charge in [-0.15, -0.1) is 0 Å². The van der Waals surface area contributed by atoms with Gasteiger partial charge in [-0.1, -0.05) is 42.5 Å². The van der Waals surface area contributed by atoms with Crippen molar-refractivity contribution in [3.63, 3.8) is 0 Å². The summed E-state index contributed by atoms with van der Waals surface area (Å²) >= 11 is 0. The van der Waals surface area contributed by atoms with E-state index in [0.717, 1.165) is 5.56 Å². The highest BCUT2D eigenvalue weighted by Crippen LogP contribution is 2.15. The van der Waals surface area contributed by atoms with Crippen LogP contribution >= 0.6 is 0 Å². The smallest absolute Gasteiger partial charge is 0.335 e. The molecule has 0 spiro atoms. The Kier molecular flexibility index (Phi) is 5.51. The summed E-state index contributed by atoms with van der Waals surface area (Å²) in [6, 6.07) is 8.91. The second-order valence-corrected chi connectivity index (χ2v) is 4.92. The number of carbonyl (C=O) groups is 2. The van der Waals surface area contributed by atoms with Crippen molar-refractivity contribution in [1.82, 2.24) is 5.32 Å². The van der Waals surface area contributed by atoms with Crippen LogP contribution in [-0.4, -0.2) is 29.7 Å². The minimum Gasteiger partial charge on any atom is -0.461 e. The molecule has 0 aromatic heterocycles. The van der Waals surface area contributed by atoms with E-state index in [4.69, 9.17) is 4.74 Å². The Morgan fingerprint density at radius 2 is 1.90 bits per heavy atom. The number of rotatable bonds is 1. The van der Waals surface area contributed by atoms with E-state index in [-0.39, 0.29) is 18.9 Å². The number of amides is 1. The van der Waals surface area contributed by atoms with Gasteiger partial charge in [-0.2, -0.15) is 0 Å². The van der Waals surface area contributed by atoms with Gasteiger partial charge in [0, 0.05) is 12.8 Å². The fourth-order valence-electron chi connectivity index (χ4n) is 2.09. The van der Waals surface area contributed by atoms with E-state index in [0.29, 0.717) is 12.8 Å². The standard InChI is InChI=1S/C16H19NO4/c18-14-9-5-2-6-10-15(19)17-13(11-21-16(14)20)12-7-3-1-4-8-12/h1-5,7-8,13-14,18H,6,9-11H2,(H,17,19)/t13?,14-/m1/s1. The van der Waals surface area contributed by atoms with Crippen LogP contribution in [0.1, 0.15) is 30.9 Å². The van der Waals surface area contributed by atoms with Crippen molar-refractivity contribution >= 4 is 11.9 Å². The lowest BCUT2D eigenvalue weighted by Gasteiger charge is -2.20. The lowest BCUT2D eigenvalue weighted by atomic mass is 10.1. The number of benzene rings is 1. The van der Waals surface area contributed by atoms with Gasteiger partial charge >= 0.3 is 5.97 Å². The number of cyclic esters (lactones) is 1. The van der Waals surface area contributed by atoms with Crippen LogP contribution < -0.4 is 5.32 Å². The third-order valence-corrected chi connectivity index (χ3v) is 3.27. The van der Waals surface area contributed by atoms with Gasteiger partial charge in [0.05, 0.1) is 6.04 Å². The van der Waals surface area contributed by atoms with Crippen molar-refractivity contribution < 1.29 is 19.4 Å². The van der Waals surface area contributed by atoms with Crippen molar-refractivity contribution in [2.24, 2.45) is 0 Å². The average Bonchev–Trinajstić information content (AvgIpc) is 2.50. The Morgan fingerprint density at radius 3 is 2.67 bits per heavy atom. The maximum Gasteiger partial charge on any atom is 0.335 e. The second kappa shape index (κ2) is 7.59. The summed E-state index contributed by atoms with van der Waals surface area (Å²) < 4.78 is 5.10. The molecule has 1 aliphatic rings. The quantitative estimate of drug-likeness (QED) is 0.606. The van der Waals surface area contributed by atoms with Gasteiger partial charge in [0.15, 0.2) is 6.10 Å². The summed E-state index contributed by atoms with van der Waals surface area (Å²) in [5.74, 6) is -0.763. The maximum absolute atomic E-state index is 11.9. The molecule has 1 aromatic carbocycles. The largest absolute Gasteiger partial charge is 0.461 e. The van der Waals surface area contributed by atoms with Crippen LogP contribution in [0.5, 0.6) is 0 Å². The van der Waals surface area contributed by atoms with Crippen LogP contribution in [0.15, 0.2) is 42.5 Å². The molecule has 0 fully saturated rings. The van der Waals surface area contributed by atoms with E-state index in [9.17, 15) is 14.7 Å². The van der Waals surface area contributed by atoms with E-state index in [1.165, 1.54) is 0 Å². The van der Waals surface area contributed by atoms with Crippen LogP contribution in [0, 0.1) is 0 Å². The summed E-state index contributed by atoms with van der Waals surface area (Å²) in [6.07, 6.45) is 3.47. The number of aliphatic hydroxyl groups is 1. The summed E-state index contributed by atoms with van der Waals surface area (Å²) in [7, 11) is 0. The second-order valence-electron chi connectivity index (χ2n) is 4.92. The van der Waals surface area contributed by atoms with Crippen LogP contribution in [0.4, 0.5) is 0 Å². The first-order valence-electron chi connectivity index (χ1n) is 7.01. The molecule has 1 aromatic rings. The van der Waals surface area contributed by atoms with Gasteiger partial charge in [-0.3, -0.25) is 4.79 Å². The molecule has 0 aliphatic carbocycles. The zero-order valence-corrected chi connectivity index (χ0v) is 11.7. The van der Waals surface area contributed by atoms with E-state index < -0.39 is 18.1 Å². The number of hydrogen-bond donors (Lipinski definition) is 2. The molecule has 1 unspecified atom stereocenters. The molecule has 5 nitrogen and oxygen atoms in total. The number of aliphatic hydroxyl groups excluding tert-OH is 1. The Morgan fingerprint density at radius 1 is 1.14 bits per heavy atom. The van der Waals surface area contributed by atoms with Gasteiger partial charge in [0.25, 0.3) is 0 Å². The number of allylic oxidation sites excluding steroid dienone is 1. The number of carbonyl (C=O) groups excluding carboxylic acids is 2. The molecule has 21 heavy (non-hydrogen) atoms. The normalized spacial score (nSPS) is 24.4. The predicted molar refractivity (Wildman–Crippen MR) is 77.3 cm³/mol. The van der Waals surface area contributed by atoms with Crippen molar-refractivity contribution in [2.45, 2.75) is 31.4 Å². The van der Waals surface area contributed by atoms with Crippen molar-refractivity contribution in [2.75, 3.05) is 6.61 Å². The minimum absolute atomic E-state index is 0.00929. The molecular formula is C16H19NO4. The van der Waals surface area contributed by atoms with E-state index >= 15 is 0 Å². The van der Waals surface area contributed by atoms with Gasteiger partial charge in [0.2, 0.25) is 5.91 Å². The number of ether oxygens (including phenoxy) is 1. The van der Waals surface area contributed by atoms with Crippen LogP contribution in [0.2, 0.25) is 0 Å². The molecule has 1 aliphatic heterocycles. The molecule has 1 heterocycles. The van der Waals surface area contributed by atoms with E-state index in [1.807, 2.05) is 30.3 Å². The third kappa shape index (κ3) is 4.72. The number of nitrogens with one attached hydrogen (secondary N) is 1. The molecule has 0 bridgehead atoms. The lowest BCUT2D eigenvalue weighted by Crippen LogP contribution is -2.34. The van der Waals surface area contributed by atoms with Crippen molar-refractivity contribution in [3.05, 3.63) is 48.0 Å². The fraction of sp³-hybridized carbons (Fsp3) is 0.375. The highest BCUT2D eigenvalue weighted by Gasteiger charge is 2.20. The molecule has 2 rings (SSSR count). The monoisotopic (exact) mass is 289 g/mol. The average molecular weight is 289 g/mol. The summed E-state index contributed by atoms with van der Waals surface area (Å²) in [6.45, 7) is 0.00929. The number of hydrogen-bond acceptors (Lipinski definition) is 4. The van der Waals surface area contributed by atoms with Crippen LogP contribution in [0.25, 0.3) is 0 Å². The Balaban J connectivity index is 2.13. The van der Waals surface area contributed by atoms with E-state index in [2.05, 4.69) is 5.32 Å². The first kappa shape index (κ1) is 15.3. The molecule has 1 amide bonds. The van der Waals surface area contributed by atoms with Crippen LogP contribution in [0.3, 0.4) is 0 Å². The Bertz CT molecular complexity index is 512. The summed E-state index contributed by atoms with van der Waals surface area (Å²) in [5, 5.41) is 12.5. The highest BCUT2D eigenvalue weighted by molar-refractivity contribution is 5.77. The van der Waals surface area contributed by atoms with Gasteiger partial charge < -0.3 is 15.2 Å². The Labute approximate surface area is 123 Å². The SMILES string of the molecule is O=C1CCC=CC[C@@H](O)C(=O)OCC(c2ccccc2)N1. The zero-order chi connectivity index (χ0) is 15.1. The fourth-order valence-corrected chi connectivity index (χ4v) is 2.09. The van der Waals surface area contributed by atoms with Gasteiger partial charge in [-0.05, 0) is 12.0 Å². The molecule has 2 N–H and O–H groups in total. The zero-order valence-electron chi connectivity index (χ0n) is 11.7. The first-order chi connectivity index (χ1) is 10.2. The lowest BCUT2D eigenvalue weighted by molar-refractivity contribution is -0.154. The molecule has 0 saturated heterocycles. The van der Waals surface area contributed by atoms with Gasteiger partial charge in [0.1, 0.15) is 6.61 Å². The molecule has 5 heteroatoms. The maximum atomic E-state index is 11.9. The Hall–Kier alpha value is -2.14. The van der Waals surface area contributed by atoms with Crippen LogP contribution in [-0.2, 0) is 14.3 Å². The molecule has 2 atom stereocenters. The summed E-state index contributed by atoms with van der Waals surface area (Å²) in [5.41, 5.74) is 0.862. The minimum atomic E-state index is -1.16. The summed E-state index contributed by atoms with van der Waals surface area (Å²) in [4.78, 5) is 23.6. The van der Waals surface area contributed by atoms with Crippen molar-refractivity contribution in [3.8, 4) is 0 Å². The van der Waals surface area contributed by atoms with Crippen molar-refractivity contribution in [1.29, 1.82) is 0 Å². The number of esters is 1.